The molecule has 168 valence electrons. The zero-order chi connectivity index (χ0) is 23.0. The second-order valence-corrected chi connectivity index (χ2v) is 7.65. The fourth-order valence-corrected chi connectivity index (χ4v) is 3.31. The van der Waals surface area contributed by atoms with Gasteiger partial charge in [0.15, 0.2) is 6.61 Å². The number of hydrogen-bond acceptors (Lipinski definition) is 5. The molecule has 0 aliphatic carbocycles. The molecule has 0 bridgehead atoms. The molecule has 0 saturated carbocycles. The molecule has 1 amide bonds. The lowest BCUT2D eigenvalue weighted by atomic mass is 10.1. The van der Waals surface area contributed by atoms with Crippen molar-refractivity contribution in [2.45, 2.75) is 19.6 Å². The number of carbonyl (C=O) groups excluding carboxylic acids is 1. The number of amides is 1. The van der Waals surface area contributed by atoms with Gasteiger partial charge in [0.2, 0.25) is 0 Å². The van der Waals surface area contributed by atoms with Crippen LogP contribution in [0.4, 0.5) is 0 Å². The molecule has 1 heterocycles. The summed E-state index contributed by atoms with van der Waals surface area (Å²) < 4.78 is 13.2. The molecule has 4 aromatic rings. The fourth-order valence-electron chi connectivity index (χ4n) is 3.31. The minimum absolute atomic E-state index is 0.0396. The molecule has 1 atom stereocenters. The smallest absolute Gasteiger partial charge is 0.260 e. The van der Waals surface area contributed by atoms with Crippen molar-refractivity contribution >= 4 is 5.91 Å². The Labute approximate surface area is 193 Å². The van der Waals surface area contributed by atoms with Crippen LogP contribution in [0.25, 0.3) is 5.69 Å². The Kier molecular flexibility index (Phi) is 6.99. The van der Waals surface area contributed by atoms with E-state index in [0.717, 1.165) is 22.6 Å². The monoisotopic (exact) mass is 442 g/mol. The maximum Gasteiger partial charge on any atom is 0.260 e. The van der Waals surface area contributed by atoms with E-state index in [0.29, 0.717) is 12.4 Å². The Balaban J connectivity index is 1.27. The fraction of sp³-hybridized carbons (Fsp3) is 0.192. The van der Waals surface area contributed by atoms with Crippen molar-refractivity contribution in [2.24, 2.45) is 0 Å². The summed E-state index contributed by atoms with van der Waals surface area (Å²) in [6.45, 7) is 2.45. The van der Waals surface area contributed by atoms with Crippen LogP contribution < -0.4 is 9.47 Å². The molecule has 0 fully saturated rings. The van der Waals surface area contributed by atoms with Crippen LogP contribution in [0, 0.1) is 0 Å². The van der Waals surface area contributed by atoms with E-state index in [9.17, 15) is 4.79 Å². The summed E-state index contributed by atoms with van der Waals surface area (Å²) in [4.78, 5) is 18.3. The van der Waals surface area contributed by atoms with Gasteiger partial charge in [0.25, 0.3) is 5.91 Å². The Bertz CT molecular complexity index is 1140. The summed E-state index contributed by atoms with van der Waals surface area (Å²) >= 11 is 0. The lowest BCUT2D eigenvalue weighted by molar-refractivity contribution is -0.134. The molecular formula is C26H26N4O3. The third kappa shape index (κ3) is 5.77. The summed E-state index contributed by atoms with van der Waals surface area (Å²) in [6.07, 6.45) is 3.14. The number of rotatable bonds is 9. The molecule has 0 N–H and O–H groups in total. The first-order chi connectivity index (χ1) is 16.1. The van der Waals surface area contributed by atoms with E-state index in [2.05, 4.69) is 10.1 Å². The Morgan fingerprint density at radius 2 is 1.61 bits per heavy atom. The summed E-state index contributed by atoms with van der Waals surface area (Å²) in [6, 6.07) is 25.1. The van der Waals surface area contributed by atoms with Gasteiger partial charge < -0.3 is 14.4 Å². The van der Waals surface area contributed by atoms with Gasteiger partial charge in [-0.05, 0) is 54.4 Å². The van der Waals surface area contributed by atoms with Gasteiger partial charge >= 0.3 is 0 Å². The van der Waals surface area contributed by atoms with E-state index in [1.165, 1.54) is 6.33 Å². The molecule has 7 heteroatoms. The molecule has 0 saturated heterocycles. The average Bonchev–Trinajstić information content (AvgIpc) is 3.41. The van der Waals surface area contributed by atoms with Crippen LogP contribution in [0.5, 0.6) is 11.5 Å². The summed E-state index contributed by atoms with van der Waals surface area (Å²) in [5.74, 6) is 1.26. The standard InChI is InChI=1S/C26H26N4O3/c1-20(22-8-10-23(11-9-22)30-19-27-18-28-30)29(2)26(31)17-33-25-14-12-24(13-15-25)32-16-21-6-4-3-5-7-21/h3-15,18-20H,16-17H2,1-2H3/t20-/m0/s1. The molecule has 4 rings (SSSR count). The average molecular weight is 443 g/mol. The zero-order valence-electron chi connectivity index (χ0n) is 18.7. The number of benzene rings is 3. The summed E-state index contributed by atoms with van der Waals surface area (Å²) in [7, 11) is 1.78. The SMILES string of the molecule is C[C@@H](c1ccc(-n2cncn2)cc1)N(C)C(=O)COc1ccc(OCc2ccccc2)cc1. The molecular weight excluding hydrogens is 416 g/mol. The van der Waals surface area contributed by atoms with E-state index >= 15 is 0 Å². The van der Waals surface area contributed by atoms with E-state index < -0.39 is 0 Å². The number of hydrogen-bond donors (Lipinski definition) is 0. The van der Waals surface area contributed by atoms with Crippen LogP contribution in [-0.2, 0) is 11.4 Å². The van der Waals surface area contributed by atoms with Crippen molar-refractivity contribution in [3.63, 3.8) is 0 Å². The van der Waals surface area contributed by atoms with Gasteiger partial charge in [0, 0.05) is 7.05 Å². The van der Waals surface area contributed by atoms with E-state index in [1.54, 1.807) is 35.1 Å². The summed E-state index contributed by atoms with van der Waals surface area (Å²) in [5.41, 5.74) is 3.04. The molecule has 7 nitrogen and oxygen atoms in total. The van der Waals surface area contributed by atoms with Gasteiger partial charge in [-0.2, -0.15) is 5.10 Å². The van der Waals surface area contributed by atoms with Gasteiger partial charge in [-0.1, -0.05) is 42.5 Å². The summed E-state index contributed by atoms with van der Waals surface area (Å²) in [5, 5.41) is 4.12. The van der Waals surface area contributed by atoms with Gasteiger partial charge in [-0.3, -0.25) is 4.79 Å². The van der Waals surface area contributed by atoms with Crippen molar-refractivity contribution in [3.8, 4) is 17.2 Å². The minimum atomic E-state index is -0.104. The van der Waals surface area contributed by atoms with E-state index in [1.807, 2.05) is 73.7 Å². The highest BCUT2D eigenvalue weighted by Gasteiger charge is 2.18. The number of nitrogens with zero attached hydrogens (tertiary/aromatic N) is 4. The van der Waals surface area contributed by atoms with Crippen LogP contribution in [-0.4, -0.2) is 39.2 Å². The number of likely N-dealkylation sites (N-methyl/N-ethyl adjacent to an activating group) is 1. The Hall–Kier alpha value is -4.13. The van der Waals surface area contributed by atoms with Crippen molar-refractivity contribution in [3.05, 3.63) is 103 Å². The predicted octanol–water partition coefficient (Wildman–Crippen LogP) is 4.44. The van der Waals surface area contributed by atoms with Crippen molar-refractivity contribution in [2.75, 3.05) is 13.7 Å². The van der Waals surface area contributed by atoms with E-state index in [-0.39, 0.29) is 18.6 Å². The Morgan fingerprint density at radius 1 is 0.939 bits per heavy atom. The van der Waals surface area contributed by atoms with Gasteiger partial charge in [-0.25, -0.2) is 9.67 Å². The molecule has 3 aromatic carbocycles. The topological polar surface area (TPSA) is 69.5 Å². The number of carbonyl (C=O) groups is 1. The molecule has 0 aliphatic heterocycles. The first kappa shape index (κ1) is 22.1. The lowest BCUT2D eigenvalue weighted by Gasteiger charge is -2.25. The third-order valence-electron chi connectivity index (χ3n) is 5.47. The molecule has 0 unspecified atom stereocenters. The number of ether oxygens (including phenoxy) is 2. The second kappa shape index (κ2) is 10.5. The maximum atomic E-state index is 12.7. The number of aromatic nitrogens is 3. The van der Waals surface area contributed by atoms with E-state index in [4.69, 9.17) is 9.47 Å². The van der Waals surface area contributed by atoms with Gasteiger partial charge in [0.1, 0.15) is 30.8 Å². The second-order valence-electron chi connectivity index (χ2n) is 7.65. The van der Waals surface area contributed by atoms with Gasteiger partial charge in [0.05, 0.1) is 11.7 Å². The van der Waals surface area contributed by atoms with Crippen LogP contribution in [0.3, 0.4) is 0 Å². The highest BCUT2D eigenvalue weighted by atomic mass is 16.5. The molecule has 33 heavy (non-hydrogen) atoms. The van der Waals surface area contributed by atoms with Crippen LogP contribution >= 0.6 is 0 Å². The maximum absolute atomic E-state index is 12.7. The molecule has 0 radical (unpaired) electrons. The quantitative estimate of drug-likeness (QED) is 0.383. The highest BCUT2D eigenvalue weighted by molar-refractivity contribution is 5.78. The minimum Gasteiger partial charge on any atom is -0.489 e. The predicted molar refractivity (Wildman–Crippen MR) is 125 cm³/mol. The highest BCUT2D eigenvalue weighted by Crippen LogP contribution is 2.22. The van der Waals surface area contributed by atoms with Crippen molar-refractivity contribution < 1.29 is 14.3 Å². The lowest BCUT2D eigenvalue weighted by Crippen LogP contribution is -2.33. The Morgan fingerprint density at radius 3 is 2.24 bits per heavy atom. The largest absolute Gasteiger partial charge is 0.489 e. The zero-order valence-corrected chi connectivity index (χ0v) is 18.7. The van der Waals surface area contributed by atoms with Crippen molar-refractivity contribution in [1.82, 2.24) is 19.7 Å². The molecule has 1 aromatic heterocycles. The normalized spacial score (nSPS) is 11.6. The molecule has 0 spiro atoms. The van der Waals surface area contributed by atoms with Crippen LogP contribution in [0.2, 0.25) is 0 Å². The first-order valence-electron chi connectivity index (χ1n) is 10.7. The third-order valence-corrected chi connectivity index (χ3v) is 5.47. The van der Waals surface area contributed by atoms with Crippen LogP contribution in [0.1, 0.15) is 24.1 Å². The van der Waals surface area contributed by atoms with Gasteiger partial charge in [-0.15, -0.1) is 0 Å². The van der Waals surface area contributed by atoms with Crippen LogP contribution in [0.15, 0.2) is 91.5 Å². The van der Waals surface area contributed by atoms with Crippen molar-refractivity contribution in [1.29, 1.82) is 0 Å². The first-order valence-corrected chi connectivity index (χ1v) is 10.7. The molecule has 0 aliphatic rings.